The molecule has 5 heterocycles. The molecule has 318 valence electrons. The van der Waals surface area contributed by atoms with Crippen LogP contribution >= 0.6 is 0 Å². The number of hydrogen-bond donors (Lipinski definition) is 1. The second kappa shape index (κ2) is 18.2. The highest BCUT2D eigenvalue weighted by Crippen LogP contribution is 2.45. The lowest BCUT2D eigenvalue weighted by Crippen LogP contribution is -2.61. The summed E-state index contributed by atoms with van der Waals surface area (Å²) in [5.41, 5.74) is -1.04. The number of esters is 1. The van der Waals surface area contributed by atoms with E-state index in [4.69, 9.17) is 23.7 Å². The number of likely N-dealkylation sites (N-methyl/N-ethyl adjacent to an activating group) is 1. The van der Waals surface area contributed by atoms with Crippen LogP contribution in [0.25, 0.3) is 11.2 Å². The molecule has 1 unspecified atom stereocenters. The minimum Gasteiger partial charge on any atom is -0.457 e. The van der Waals surface area contributed by atoms with Gasteiger partial charge < -0.3 is 43.2 Å². The fourth-order valence-corrected chi connectivity index (χ4v) is 9.62. The van der Waals surface area contributed by atoms with Crippen LogP contribution < -0.4 is 0 Å². The molecule has 0 aliphatic carbocycles. The van der Waals surface area contributed by atoms with Crippen molar-refractivity contribution in [3.63, 3.8) is 0 Å². The van der Waals surface area contributed by atoms with E-state index in [2.05, 4.69) is 9.97 Å². The SMILES string of the molecule is CC[C@H]1OC(=O)[C@H](C)C(=O)[C@H](C)[C@@H](OC2O[C@H](C)C[C@H](N(C)C)[C@H]2O)[C@@](C)(OC)C[C@@H](C)C(=O)[C@H](C)[C@H]2N(CCCCn3cnc4cccnc43)C(=O)O[C@]12CC. The lowest BCUT2D eigenvalue weighted by Gasteiger charge is -2.47. The Bertz CT molecular complexity index is 1740. The zero-order valence-corrected chi connectivity index (χ0v) is 35.7. The number of ether oxygens (including phenoxy) is 5. The molecule has 0 bridgehead atoms. The van der Waals surface area contributed by atoms with Crippen molar-refractivity contribution in [2.24, 2.45) is 23.7 Å². The highest BCUT2D eigenvalue weighted by molar-refractivity contribution is 6.00. The molecule has 15 nitrogen and oxygen atoms in total. The molecular weight excluding hydrogens is 734 g/mol. The number of aryl methyl sites for hydroxylation is 1. The van der Waals surface area contributed by atoms with Crippen molar-refractivity contribution in [2.75, 3.05) is 27.7 Å². The summed E-state index contributed by atoms with van der Waals surface area (Å²) in [4.78, 5) is 69.6. The molecule has 57 heavy (non-hydrogen) atoms. The van der Waals surface area contributed by atoms with Crippen molar-refractivity contribution < 1.29 is 48.0 Å². The van der Waals surface area contributed by atoms with Gasteiger partial charge in [-0.15, -0.1) is 0 Å². The Kier molecular flexibility index (Phi) is 14.2. The van der Waals surface area contributed by atoms with Gasteiger partial charge in [0.1, 0.15) is 29.4 Å². The molecule has 1 N–H and O–H groups in total. The number of nitrogens with zero attached hydrogens (tertiary/aromatic N) is 5. The van der Waals surface area contributed by atoms with Gasteiger partial charge in [-0.2, -0.15) is 0 Å². The molecule has 15 heteroatoms. The van der Waals surface area contributed by atoms with Crippen molar-refractivity contribution in [3.05, 3.63) is 24.7 Å². The molecule has 13 atom stereocenters. The maximum absolute atomic E-state index is 14.8. The monoisotopic (exact) mass is 799 g/mol. The molecule has 3 aliphatic rings. The van der Waals surface area contributed by atoms with Gasteiger partial charge in [0.2, 0.25) is 0 Å². The molecule has 3 aliphatic heterocycles. The number of cyclic esters (lactones) is 1. The van der Waals surface area contributed by atoms with Gasteiger partial charge in [0.15, 0.2) is 23.3 Å². The number of fused-ring (bicyclic) bond motifs is 2. The third-order valence-corrected chi connectivity index (χ3v) is 12.9. The molecule has 3 saturated heterocycles. The molecule has 0 spiro atoms. The van der Waals surface area contributed by atoms with Gasteiger partial charge in [-0.1, -0.05) is 34.6 Å². The number of amides is 1. The minimum absolute atomic E-state index is 0.133. The first-order chi connectivity index (χ1) is 26.9. The Morgan fingerprint density at radius 2 is 1.70 bits per heavy atom. The summed E-state index contributed by atoms with van der Waals surface area (Å²) in [6, 6.07) is 2.69. The molecule has 0 radical (unpaired) electrons. The van der Waals surface area contributed by atoms with E-state index in [1.165, 1.54) is 14.0 Å². The van der Waals surface area contributed by atoms with Gasteiger partial charge in [0, 0.05) is 50.2 Å². The smallest absolute Gasteiger partial charge is 0.410 e. The Morgan fingerprint density at radius 3 is 2.35 bits per heavy atom. The summed E-state index contributed by atoms with van der Waals surface area (Å²) >= 11 is 0. The number of aliphatic hydroxyl groups excluding tert-OH is 1. The molecule has 1 amide bonds. The van der Waals surface area contributed by atoms with E-state index in [1.54, 1.807) is 31.3 Å². The molecule has 0 saturated carbocycles. The van der Waals surface area contributed by atoms with E-state index in [1.807, 2.05) is 70.3 Å². The number of aliphatic hydroxyl groups is 1. The Labute approximate surface area is 337 Å². The number of Topliss-reactive ketones (excluding diaryl/α,β-unsaturated/α-hetero) is 2. The normalized spacial score (nSPS) is 37.3. The van der Waals surface area contributed by atoms with Crippen LogP contribution in [0.1, 0.15) is 93.9 Å². The summed E-state index contributed by atoms with van der Waals surface area (Å²) in [5.74, 6) is -4.91. The Morgan fingerprint density at radius 1 is 1.00 bits per heavy atom. The zero-order valence-electron chi connectivity index (χ0n) is 35.7. The van der Waals surface area contributed by atoms with Crippen LogP contribution in [-0.2, 0) is 44.6 Å². The van der Waals surface area contributed by atoms with E-state index in [0.29, 0.717) is 32.4 Å². The standard InChI is InChI=1S/C42H65N5O10/c1-12-31-42(13-2)35(47(40(52)57-42)20-15-14-19-46-23-44-29-17-16-18-43-37(29)46)26(5)32(48)24(3)22-41(8,53-11)36(27(6)33(49)28(7)38(51)55-31)56-39-34(50)30(45(9)10)21-25(4)54-39/h16-18,23-28,30-31,34-36,39,50H,12-15,19-22H2,1-11H3/t24-,25-,26+,27+,28-,30+,31-,34-,35-,36-,39?,41+,42-/m1/s1. The average Bonchev–Trinajstić information content (AvgIpc) is 3.74. The molecule has 2 aromatic rings. The minimum atomic E-state index is -1.36. The molecule has 0 aromatic carbocycles. The summed E-state index contributed by atoms with van der Waals surface area (Å²) in [5, 5.41) is 11.5. The molecule has 5 rings (SSSR count). The highest BCUT2D eigenvalue weighted by atomic mass is 16.7. The van der Waals surface area contributed by atoms with E-state index in [0.717, 1.165) is 11.2 Å². The van der Waals surface area contributed by atoms with Crippen molar-refractivity contribution >= 4 is 34.8 Å². The Balaban J connectivity index is 1.49. The maximum Gasteiger partial charge on any atom is 0.410 e. The summed E-state index contributed by atoms with van der Waals surface area (Å²) in [6.07, 6.45) is 1.04. The first-order valence-corrected chi connectivity index (χ1v) is 20.7. The number of rotatable bonds is 11. The van der Waals surface area contributed by atoms with Crippen LogP contribution in [0.2, 0.25) is 0 Å². The summed E-state index contributed by atoms with van der Waals surface area (Å²) in [6.45, 7) is 15.1. The third kappa shape index (κ3) is 8.78. The number of aromatic nitrogens is 3. The van der Waals surface area contributed by atoms with E-state index < -0.39 is 83.4 Å². The van der Waals surface area contributed by atoms with Crippen LogP contribution in [0, 0.1) is 23.7 Å². The van der Waals surface area contributed by atoms with Gasteiger partial charge in [-0.3, -0.25) is 14.4 Å². The van der Waals surface area contributed by atoms with Crippen LogP contribution in [-0.4, -0.2) is 135 Å². The van der Waals surface area contributed by atoms with Gasteiger partial charge in [0.25, 0.3) is 0 Å². The van der Waals surface area contributed by atoms with Gasteiger partial charge in [-0.05, 0) is 85.5 Å². The fraction of sp³-hybridized carbons (Fsp3) is 0.762. The number of carbonyl (C=O) groups is 4. The van der Waals surface area contributed by atoms with Crippen LogP contribution in [0.5, 0.6) is 0 Å². The van der Waals surface area contributed by atoms with Gasteiger partial charge in [0.05, 0.1) is 30.2 Å². The number of ketones is 2. The number of carbonyl (C=O) groups excluding carboxylic acids is 4. The van der Waals surface area contributed by atoms with Crippen LogP contribution in [0.15, 0.2) is 24.7 Å². The number of imidazole rings is 1. The van der Waals surface area contributed by atoms with Crippen LogP contribution in [0.4, 0.5) is 4.79 Å². The molecular formula is C42H65N5O10. The Hall–Kier alpha value is -3.50. The van der Waals surface area contributed by atoms with Crippen molar-refractivity contribution in [2.45, 2.75) is 154 Å². The highest BCUT2D eigenvalue weighted by Gasteiger charge is 2.62. The van der Waals surface area contributed by atoms with Gasteiger partial charge >= 0.3 is 12.1 Å². The fourth-order valence-electron chi connectivity index (χ4n) is 9.62. The second-order valence-electron chi connectivity index (χ2n) is 17.0. The van der Waals surface area contributed by atoms with Crippen molar-refractivity contribution in [1.82, 2.24) is 24.3 Å². The second-order valence-corrected chi connectivity index (χ2v) is 17.0. The topological polar surface area (TPSA) is 172 Å². The lowest BCUT2D eigenvalue weighted by atomic mass is 9.72. The number of methoxy groups -OCH3 is 1. The third-order valence-electron chi connectivity index (χ3n) is 12.9. The van der Waals surface area contributed by atoms with Crippen molar-refractivity contribution in [1.29, 1.82) is 0 Å². The average molecular weight is 800 g/mol. The molecule has 3 fully saturated rings. The lowest BCUT2D eigenvalue weighted by molar-refractivity contribution is -0.295. The number of pyridine rings is 1. The van der Waals surface area contributed by atoms with Crippen LogP contribution in [0.3, 0.4) is 0 Å². The predicted molar refractivity (Wildman–Crippen MR) is 211 cm³/mol. The summed E-state index contributed by atoms with van der Waals surface area (Å²) < 4.78 is 33.4. The first-order valence-electron chi connectivity index (χ1n) is 20.7. The van der Waals surface area contributed by atoms with Gasteiger partial charge in [-0.25, -0.2) is 14.8 Å². The first kappa shape index (κ1) is 44.6. The van der Waals surface area contributed by atoms with Crippen molar-refractivity contribution in [3.8, 4) is 0 Å². The summed E-state index contributed by atoms with van der Waals surface area (Å²) in [7, 11) is 5.25. The zero-order chi connectivity index (χ0) is 42.0. The molecule has 2 aromatic heterocycles. The van der Waals surface area contributed by atoms with E-state index >= 15 is 0 Å². The maximum atomic E-state index is 14.8. The number of unbranched alkanes of at least 4 members (excludes halogenated alkanes) is 1. The largest absolute Gasteiger partial charge is 0.457 e. The quantitative estimate of drug-likeness (QED) is 0.187. The number of hydrogen-bond acceptors (Lipinski definition) is 13. The van der Waals surface area contributed by atoms with E-state index in [9.17, 15) is 24.3 Å². The predicted octanol–water partition coefficient (Wildman–Crippen LogP) is 4.81. The van der Waals surface area contributed by atoms with E-state index in [-0.39, 0.29) is 37.2 Å².